The van der Waals surface area contributed by atoms with Crippen LogP contribution in [0, 0.1) is 0 Å². The predicted octanol–water partition coefficient (Wildman–Crippen LogP) is 4.61. The van der Waals surface area contributed by atoms with E-state index in [0.29, 0.717) is 29.5 Å². The van der Waals surface area contributed by atoms with Gasteiger partial charge >= 0.3 is 5.97 Å². The van der Waals surface area contributed by atoms with Crippen molar-refractivity contribution in [1.82, 2.24) is 9.55 Å². The number of nitrogens with zero attached hydrogens (tertiary/aromatic N) is 2. The molecule has 1 aromatic carbocycles. The number of thioether (sulfide) groups is 1. The molecule has 0 bridgehead atoms. The molecule has 0 aliphatic carbocycles. The summed E-state index contributed by atoms with van der Waals surface area (Å²) in [6.07, 6.45) is 5.90. The zero-order valence-electron chi connectivity index (χ0n) is 15.2. The van der Waals surface area contributed by atoms with Gasteiger partial charge in [-0.15, -0.1) is 11.8 Å². The molecule has 0 radical (unpaired) electrons. The van der Waals surface area contributed by atoms with Crippen molar-refractivity contribution in [2.24, 2.45) is 0 Å². The number of halogens is 1. The molecule has 0 fully saturated rings. The Kier molecular flexibility index (Phi) is 6.90. The van der Waals surface area contributed by atoms with Crippen LogP contribution in [0.1, 0.15) is 44.0 Å². The largest absolute Gasteiger partial charge is 0.481 e. The maximum absolute atomic E-state index is 10.6. The van der Waals surface area contributed by atoms with Crippen LogP contribution in [0.2, 0.25) is 5.02 Å². The summed E-state index contributed by atoms with van der Waals surface area (Å²) >= 11 is 8.02. The molecule has 1 aliphatic heterocycles. The van der Waals surface area contributed by atoms with Gasteiger partial charge in [-0.05, 0) is 24.5 Å². The molecule has 2 heterocycles. The van der Waals surface area contributed by atoms with Crippen LogP contribution < -0.4 is 9.47 Å². The Labute approximate surface area is 167 Å². The Morgan fingerprint density at radius 2 is 2.11 bits per heavy atom. The monoisotopic (exact) mass is 410 g/mol. The van der Waals surface area contributed by atoms with Crippen LogP contribution in [0.5, 0.6) is 11.5 Å². The minimum Gasteiger partial charge on any atom is -0.481 e. The number of fused-ring (bicyclic) bond motifs is 1. The molecule has 3 rings (SSSR count). The first kappa shape index (κ1) is 19.9. The second-order valence-corrected chi connectivity index (χ2v) is 7.89. The maximum atomic E-state index is 10.6. The molecule has 27 heavy (non-hydrogen) atoms. The SMILES string of the molecule is CCCCc1nc(SCCCC(=O)O)cn1Cc1cc2c(cc1Cl)OCO2. The average Bonchev–Trinajstić information content (AvgIpc) is 3.23. The quantitative estimate of drug-likeness (QED) is 0.455. The number of carboxylic acid groups (broad SMARTS) is 1. The first-order valence-corrected chi connectivity index (χ1v) is 10.4. The van der Waals surface area contributed by atoms with E-state index in [2.05, 4.69) is 11.5 Å². The summed E-state index contributed by atoms with van der Waals surface area (Å²) < 4.78 is 12.9. The molecule has 0 unspecified atom stereocenters. The number of imidazole rings is 1. The molecule has 0 saturated carbocycles. The van der Waals surface area contributed by atoms with E-state index >= 15 is 0 Å². The molecule has 1 aromatic heterocycles. The summed E-state index contributed by atoms with van der Waals surface area (Å²) in [5, 5.41) is 10.3. The minimum atomic E-state index is -0.762. The Hall–Kier alpha value is -1.86. The molecule has 1 aliphatic rings. The van der Waals surface area contributed by atoms with Gasteiger partial charge in [0.25, 0.3) is 0 Å². The third-order valence-electron chi connectivity index (χ3n) is 4.26. The second-order valence-electron chi connectivity index (χ2n) is 6.37. The van der Waals surface area contributed by atoms with Crippen LogP contribution in [-0.2, 0) is 17.8 Å². The van der Waals surface area contributed by atoms with E-state index in [9.17, 15) is 4.79 Å². The maximum Gasteiger partial charge on any atom is 0.303 e. The van der Waals surface area contributed by atoms with Crippen molar-refractivity contribution in [3.05, 3.63) is 34.7 Å². The lowest BCUT2D eigenvalue weighted by molar-refractivity contribution is -0.137. The van der Waals surface area contributed by atoms with Crippen molar-refractivity contribution in [3.8, 4) is 11.5 Å². The zero-order chi connectivity index (χ0) is 19.2. The summed E-state index contributed by atoms with van der Waals surface area (Å²) in [7, 11) is 0. The van der Waals surface area contributed by atoms with Gasteiger partial charge in [0.1, 0.15) is 10.9 Å². The van der Waals surface area contributed by atoms with Gasteiger partial charge in [0.2, 0.25) is 6.79 Å². The molecule has 2 aromatic rings. The van der Waals surface area contributed by atoms with Crippen molar-refractivity contribution < 1.29 is 19.4 Å². The number of aryl methyl sites for hydroxylation is 1. The molecular weight excluding hydrogens is 388 g/mol. The van der Waals surface area contributed by atoms with E-state index in [0.717, 1.165) is 41.4 Å². The summed E-state index contributed by atoms with van der Waals surface area (Å²) in [4.78, 5) is 15.4. The van der Waals surface area contributed by atoms with Crippen LogP contribution in [0.3, 0.4) is 0 Å². The highest BCUT2D eigenvalue weighted by Crippen LogP contribution is 2.37. The Balaban J connectivity index is 1.73. The van der Waals surface area contributed by atoms with Crippen LogP contribution in [0.15, 0.2) is 23.4 Å². The highest BCUT2D eigenvalue weighted by molar-refractivity contribution is 7.99. The lowest BCUT2D eigenvalue weighted by Crippen LogP contribution is -2.05. The number of hydrogen-bond donors (Lipinski definition) is 1. The van der Waals surface area contributed by atoms with Gasteiger partial charge < -0.3 is 19.1 Å². The van der Waals surface area contributed by atoms with Crippen molar-refractivity contribution in [2.45, 2.75) is 50.6 Å². The number of carbonyl (C=O) groups is 1. The minimum absolute atomic E-state index is 0.184. The van der Waals surface area contributed by atoms with Crippen LogP contribution >= 0.6 is 23.4 Å². The lowest BCUT2D eigenvalue weighted by atomic mass is 10.2. The zero-order valence-corrected chi connectivity index (χ0v) is 16.8. The Morgan fingerprint density at radius 1 is 1.33 bits per heavy atom. The molecular formula is C19H23ClN2O4S. The van der Waals surface area contributed by atoms with E-state index < -0.39 is 5.97 Å². The number of rotatable bonds is 10. The van der Waals surface area contributed by atoms with Crippen molar-refractivity contribution in [3.63, 3.8) is 0 Å². The van der Waals surface area contributed by atoms with Gasteiger partial charge in [-0.25, -0.2) is 4.98 Å². The second kappa shape index (κ2) is 9.37. The number of carboxylic acids is 1. The third kappa shape index (κ3) is 5.32. The summed E-state index contributed by atoms with van der Waals surface area (Å²) in [5.74, 6) is 2.39. The highest BCUT2D eigenvalue weighted by atomic mass is 35.5. The number of unbranched alkanes of at least 4 members (excludes halogenated alkanes) is 1. The van der Waals surface area contributed by atoms with E-state index in [1.807, 2.05) is 12.3 Å². The fourth-order valence-corrected chi connectivity index (χ4v) is 3.92. The summed E-state index contributed by atoms with van der Waals surface area (Å²) in [6, 6.07) is 3.72. The van der Waals surface area contributed by atoms with Gasteiger partial charge in [0.05, 0.1) is 6.54 Å². The fraction of sp³-hybridized carbons (Fsp3) is 0.474. The first-order valence-electron chi connectivity index (χ1n) is 9.05. The molecule has 1 N–H and O–H groups in total. The van der Waals surface area contributed by atoms with Gasteiger partial charge in [-0.1, -0.05) is 24.9 Å². The topological polar surface area (TPSA) is 73.6 Å². The number of ether oxygens (including phenoxy) is 2. The van der Waals surface area contributed by atoms with Crippen LogP contribution in [0.4, 0.5) is 0 Å². The molecule has 0 atom stereocenters. The Bertz CT molecular complexity index is 809. The highest BCUT2D eigenvalue weighted by Gasteiger charge is 2.18. The third-order valence-corrected chi connectivity index (χ3v) is 5.60. The summed E-state index contributed by atoms with van der Waals surface area (Å²) in [5.41, 5.74) is 0.957. The van der Waals surface area contributed by atoms with Crippen molar-refractivity contribution in [2.75, 3.05) is 12.5 Å². The number of hydrogen-bond acceptors (Lipinski definition) is 5. The predicted molar refractivity (Wildman–Crippen MR) is 105 cm³/mol. The van der Waals surface area contributed by atoms with E-state index in [-0.39, 0.29) is 13.2 Å². The van der Waals surface area contributed by atoms with E-state index in [4.69, 9.17) is 31.2 Å². The van der Waals surface area contributed by atoms with Gasteiger partial charge in [0.15, 0.2) is 11.5 Å². The molecule has 6 nitrogen and oxygen atoms in total. The molecule has 0 spiro atoms. The molecule has 0 amide bonds. The average molecular weight is 411 g/mol. The van der Waals surface area contributed by atoms with Gasteiger partial charge in [-0.2, -0.15) is 0 Å². The Morgan fingerprint density at radius 3 is 2.85 bits per heavy atom. The normalized spacial score (nSPS) is 12.5. The first-order chi connectivity index (χ1) is 13.1. The molecule has 146 valence electrons. The number of benzene rings is 1. The fourth-order valence-electron chi connectivity index (χ4n) is 2.83. The summed E-state index contributed by atoms with van der Waals surface area (Å²) in [6.45, 7) is 2.99. The molecule has 0 saturated heterocycles. The number of aliphatic carboxylic acids is 1. The van der Waals surface area contributed by atoms with Crippen LogP contribution in [-0.4, -0.2) is 33.2 Å². The smallest absolute Gasteiger partial charge is 0.303 e. The van der Waals surface area contributed by atoms with E-state index in [1.165, 1.54) is 0 Å². The lowest BCUT2D eigenvalue weighted by Gasteiger charge is -2.10. The number of aromatic nitrogens is 2. The van der Waals surface area contributed by atoms with Crippen molar-refractivity contribution in [1.29, 1.82) is 0 Å². The van der Waals surface area contributed by atoms with Crippen LogP contribution in [0.25, 0.3) is 0 Å². The van der Waals surface area contributed by atoms with Crippen molar-refractivity contribution >= 4 is 29.3 Å². The van der Waals surface area contributed by atoms with E-state index in [1.54, 1.807) is 17.8 Å². The standard InChI is InChI=1S/C19H23ClN2O4S/c1-2-3-5-17-21-18(27-7-4-6-19(23)24)11-22(17)10-13-8-15-16(9-14(13)20)26-12-25-15/h8-9,11H,2-7,10,12H2,1H3,(H,23,24). The van der Waals surface area contributed by atoms with Gasteiger partial charge in [0, 0.05) is 35.9 Å². The van der Waals surface area contributed by atoms with Gasteiger partial charge in [-0.3, -0.25) is 4.79 Å². The molecule has 8 heteroatoms.